The minimum atomic E-state index is -1.34. The number of aliphatic imine (C=N–C) groups is 2. The molecule has 11 heteroatoms. The number of rotatable bonds is 9. The number of nitrogens with zero attached hydrogens (tertiary/aromatic N) is 2. The molecule has 4 saturated heterocycles. The molecular weight excluding hydrogens is 700 g/mol. The quantitative estimate of drug-likeness (QED) is 0.106. The molecule has 3 spiro atoms. The highest BCUT2D eigenvalue weighted by atomic mass is 16.7. The lowest BCUT2D eigenvalue weighted by Gasteiger charge is -2.70. The van der Waals surface area contributed by atoms with E-state index in [1.165, 1.54) is 5.71 Å². The zero-order valence-electron chi connectivity index (χ0n) is 33.1. The molecular formula is C44H61N2O9+. The van der Waals surface area contributed by atoms with Crippen LogP contribution in [0.1, 0.15) is 130 Å². The van der Waals surface area contributed by atoms with Crippen LogP contribution in [0.3, 0.4) is 0 Å². The number of fused-ring (bicyclic) bond motifs is 2. The lowest BCUT2D eigenvalue weighted by atomic mass is 9.32. The van der Waals surface area contributed by atoms with Crippen molar-refractivity contribution >= 4 is 29.8 Å². The van der Waals surface area contributed by atoms with Crippen LogP contribution in [0, 0.1) is 39.4 Å². The van der Waals surface area contributed by atoms with Gasteiger partial charge in [0.05, 0.1) is 35.2 Å². The van der Waals surface area contributed by atoms with Gasteiger partial charge in [0.15, 0.2) is 24.6 Å². The lowest BCUT2D eigenvalue weighted by molar-refractivity contribution is -0.282. The first kappa shape index (κ1) is 36.8. The van der Waals surface area contributed by atoms with E-state index in [2.05, 4.69) is 23.0 Å². The topological polar surface area (TPSA) is 149 Å². The van der Waals surface area contributed by atoms with Gasteiger partial charge < -0.3 is 28.8 Å². The summed E-state index contributed by atoms with van der Waals surface area (Å²) in [7, 11) is 0. The average molecular weight is 762 g/mol. The third kappa shape index (κ3) is 4.67. The van der Waals surface area contributed by atoms with Crippen molar-refractivity contribution in [3.05, 3.63) is 11.6 Å². The fourth-order valence-electron chi connectivity index (χ4n) is 15.3. The highest BCUT2D eigenvalue weighted by Gasteiger charge is 2.93. The Labute approximate surface area is 324 Å². The fraction of sp³-hybridized carbons (Fsp3) is 0.841. The second kappa shape index (κ2) is 12.8. The maximum atomic E-state index is 15.5. The maximum absolute atomic E-state index is 15.5. The molecule has 300 valence electrons. The number of esters is 2. The molecule has 6 aliphatic heterocycles. The zero-order valence-corrected chi connectivity index (χ0v) is 33.1. The van der Waals surface area contributed by atoms with Crippen LogP contribution in [0.15, 0.2) is 21.6 Å². The number of hydrogen-bond donors (Lipinski definition) is 1. The molecule has 6 heterocycles. The molecule has 10 rings (SSSR count). The first-order valence-corrected chi connectivity index (χ1v) is 21.8. The van der Waals surface area contributed by atoms with Gasteiger partial charge in [0.25, 0.3) is 0 Å². The van der Waals surface area contributed by atoms with E-state index in [0.717, 1.165) is 95.6 Å². The molecule has 11 nitrogen and oxygen atoms in total. The molecule has 1 unspecified atom stereocenters. The van der Waals surface area contributed by atoms with E-state index in [1.54, 1.807) is 6.34 Å². The monoisotopic (exact) mass is 761 g/mol. The molecule has 11 atom stereocenters. The Balaban J connectivity index is 1.03. The van der Waals surface area contributed by atoms with Crippen molar-refractivity contribution in [2.45, 2.75) is 172 Å². The minimum absolute atomic E-state index is 0.0435. The van der Waals surface area contributed by atoms with Gasteiger partial charge in [-0.1, -0.05) is 51.9 Å². The van der Waals surface area contributed by atoms with Gasteiger partial charge in [0, 0.05) is 34.5 Å². The van der Waals surface area contributed by atoms with E-state index in [1.807, 2.05) is 13.8 Å². The third-order valence-corrected chi connectivity index (χ3v) is 17.2. The van der Waals surface area contributed by atoms with Gasteiger partial charge in [-0.2, -0.15) is 0 Å². The molecule has 10 aliphatic rings. The van der Waals surface area contributed by atoms with E-state index in [4.69, 9.17) is 23.7 Å². The highest BCUT2D eigenvalue weighted by Crippen LogP contribution is 2.82. The number of carbonyl (C=O) groups is 3. The number of hydrogen-bond acceptors (Lipinski definition) is 10. The molecule has 0 amide bonds. The van der Waals surface area contributed by atoms with Crippen LogP contribution in [-0.2, 0) is 33.3 Å². The third-order valence-electron chi connectivity index (χ3n) is 17.2. The van der Waals surface area contributed by atoms with E-state index in [9.17, 15) is 14.7 Å². The Bertz CT molecular complexity index is 1730. The van der Waals surface area contributed by atoms with E-state index < -0.39 is 63.2 Å². The lowest BCUT2D eigenvalue weighted by Crippen LogP contribution is -2.80. The maximum Gasteiger partial charge on any atom is 0.339 e. The van der Waals surface area contributed by atoms with Crippen LogP contribution < -0.4 is 0 Å². The standard InChI is InChI=1S/C44H60N2O9/c1-39(2)32-31(47)33(48)43(26-13-7-6-8-14-26)30(42(32)24-52-38(50)41(37(42)55-39)19-11-12-20-41)17-21-40(3)34(53-36(49)35-44(40,43)54-35)28-18-22-51-29(28)16-10-5-4-9-15-27-23-45-25-46-27/h18,25-26,29-30,32-35,37,48H,4-17,19-24H2,1-3H3/p+1/t29?,30-,32-,33-,34+,35-,37+,40+,42-,43+,44-/m1/s1. The molecule has 0 radical (unpaired) electrons. The first-order valence-electron chi connectivity index (χ1n) is 21.8. The van der Waals surface area contributed by atoms with E-state index in [-0.39, 0.29) is 42.3 Å². The van der Waals surface area contributed by atoms with Gasteiger partial charge in [-0.05, 0) is 83.5 Å². The van der Waals surface area contributed by atoms with Crippen LogP contribution >= 0.6 is 0 Å². The Hall–Kier alpha value is -2.47. The van der Waals surface area contributed by atoms with Gasteiger partial charge >= 0.3 is 11.9 Å². The molecule has 55 heavy (non-hydrogen) atoms. The number of aliphatic hydroxyl groups excluding tert-OH is 1. The predicted octanol–water partition coefficient (Wildman–Crippen LogP) is 5.53. The van der Waals surface area contributed by atoms with Crippen molar-refractivity contribution in [3.63, 3.8) is 0 Å². The predicted molar refractivity (Wildman–Crippen MR) is 203 cm³/mol. The first-order chi connectivity index (χ1) is 26.5. The van der Waals surface area contributed by atoms with Crippen molar-refractivity contribution in [2.75, 3.05) is 19.8 Å². The largest absolute Gasteiger partial charge is 0.464 e. The van der Waals surface area contributed by atoms with Gasteiger partial charge in [-0.25, -0.2) is 9.79 Å². The number of epoxide rings is 1. The normalized spacial score (nSPS) is 46.3. The van der Waals surface area contributed by atoms with E-state index >= 15 is 4.79 Å². The summed E-state index contributed by atoms with van der Waals surface area (Å²) in [6.45, 7) is 7.61. The van der Waals surface area contributed by atoms with Crippen LogP contribution in [0.5, 0.6) is 0 Å². The number of ketones is 1. The number of ether oxygens (including phenoxy) is 5. The summed E-state index contributed by atoms with van der Waals surface area (Å²) in [5.41, 5.74) is -3.19. The summed E-state index contributed by atoms with van der Waals surface area (Å²) in [4.78, 5) is 52.4. The number of carbonyl (C=O) groups excluding carboxylic acids is 3. The van der Waals surface area contributed by atoms with Crippen LogP contribution in [0.4, 0.5) is 0 Å². The highest BCUT2D eigenvalue weighted by molar-refractivity contribution is 5.96. The van der Waals surface area contributed by atoms with Crippen LogP contribution in [-0.4, -0.2) is 101 Å². The SMILES string of the molecule is CC1(C)O[C@H]2C3(CCCC3)C(=O)OC[C@@]23[C@@H]1C(=O)[C@@H](O)[C@]1(C2CCCCC2)[C@@H]3CC[C@@]2(C)[C@H](C3=CC[OH+]C3CCCCCCC3=NC=NC3)OC(=O)[C@H]3O[C@@]312. The Morgan fingerprint density at radius 1 is 0.909 bits per heavy atom. The number of cyclic esters (lactones) is 2. The summed E-state index contributed by atoms with van der Waals surface area (Å²) >= 11 is 0. The van der Waals surface area contributed by atoms with Crippen molar-refractivity contribution in [1.29, 1.82) is 0 Å². The Morgan fingerprint density at radius 2 is 1.69 bits per heavy atom. The molecule has 4 saturated carbocycles. The fourth-order valence-corrected chi connectivity index (χ4v) is 15.3. The van der Waals surface area contributed by atoms with E-state index in [0.29, 0.717) is 32.3 Å². The number of unbranched alkanes of at least 4 members (excludes halogenated alkanes) is 3. The van der Waals surface area contributed by atoms with Crippen molar-refractivity contribution in [2.24, 2.45) is 49.4 Å². The molecule has 0 aromatic heterocycles. The number of aliphatic hydroxyl groups is 3. The molecule has 0 aromatic rings. The molecule has 4 aliphatic carbocycles. The second-order valence-corrected chi connectivity index (χ2v) is 19.9. The summed E-state index contributed by atoms with van der Waals surface area (Å²) in [5.74, 6) is -1.73. The van der Waals surface area contributed by atoms with Gasteiger partial charge in [-0.15, -0.1) is 0 Å². The van der Waals surface area contributed by atoms with Crippen LogP contribution in [0.25, 0.3) is 0 Å². The summed E-state index contributed by atoms with van der Waals surface area (Å²) in [5, 5.41) is 13.1. The average Bonchev–Trinajstić information content (AvgIpc) is 3.65. The van der Waals surface area contributed by atoms with Gasteiger partial charge in [0.1, 0.15) is 30.8 Å². The molecule has 8 fully saturated rings. The van der Waals surface area contributed by atoms with Crippen molar-refractivity contribution in [3.8, 4) is 0 Å². The van der Waals surface area contributed by atoms with Crippen molar-refractivity contribution in [1.82, 2.24) is 0 Å². The molecule has 0 bridgehead atoms. The second-order valence-electron chi connectivity index (χ2n) is 19.9. The Kier molecular flexibility index (Phi) is 8.55. The smallest absolute Gasteiger partial charge is 0.339 e. The van der Waals surface area contributed by atoms with Crippen LogP contribution in [0.2, 0.25) is 0 Å². The molecule has 2 N–H and O–H groups in total. The summed E-state index contributed by atoms with van der Waals surface area (Å²) < 4.78 is 32.1. The minimum Gasteiger partial charge on any atom is -0.464 e. The zero-order chi connectivity index (χ0) is 38.0. The number of Topliss-reactive ketones (excluding diaryl/α,β-unsaturated/α-hetero) is 1. The molecule has 0 aromatic carbocycles. The van der Waals surface area contributed by atoms with Gasteiger partial charge in [-0.3, -0.25) is 14.6 Å². The summed E-state index contributed by atoms with van der Waals surface area (Å²) in [6.07, 6.45) is 16.2. The van der Waals surface area contributed by atoms with Crippen molar-refractivity contribution < 1.29 is 43.2 Å². The summed E-state index contributed by atoms with van der Waals surface area (Å²) in [6, 6.07) is 0. The Morgan fingerprint density at radius 3 is 2.45 bits per heavy atom. The van der Waals surface area contributed by atoms with Gasteiger partial charge in [0.2, 0.25) is 0 Å².